The van der Waals surface area contributed by atoms with E-state index in [2.05, 4.69) is 10.6 Å². The number of nitrogens with one attached hydrogen (secondary N) is 2. The molecule has 0 aliphatic rings. The number of urea groups is 1. The van der Waals surface area contributed by atoms with Crippen LogP contribution in [-0.4, -0.2) is 11.9 Å². The maximum atomic E-state index is 11.9. The van der Waals surface area contributed by atoms with E-state index in [1.54, 1.807) is 30.3 Å². The summed E-state index contributed by atoms with van der Waals surface area (Å²) < 4.78 is 0. The highest BCUT2D eigenvalue weighted by molar-refractivity contribution is 7.16. The number of rotatable bonds is 3. The number of carbonyl (C=O) groups excluding carboxylic acids is 2. The molecule has 0 unspecified atom stereocenters. The van der Waals surface area contributed by atoms with Crippen LogP contribution in [0.2, 0.25) is 5.02 Å². The van der Waals surface area contributed by atoms with Gasteiger partial charge in [-0.05, 0) is 37.3 Å². The molecular formula is C13H12ClN3O2S. The lowest BCUT2D eigenvalue weighted by molar-refractivity contribution is 0.100. The summed E-state index contributed by atoms with van der Waals surface area (Å²) in [5, 5.41) is 6.27. The van der Waals surface area contributed by atoms with E-state index in [4.69, 9.17) is 17.3 Å². The summed E-state index contributed by atoms with van der Waals surface area (Å²) in [7, 11) is 0. The average Bonchev–Trinajstić information content (AvgIpc) is 2.73. The fraction of sp³-hybridized carbons (Fsp3) is 0.0769. The summed E-state index contributed by atoms with van der Waals surface area (Å²) in [4.78, 5) is 24.0. The molecule has 7 heteroatoms. The second kappa shape index (κ2) is 5.94. The molecule has 0 spiro atoms. The average molecular weight is 310 g/mol. The molecule has 0 bridgehead atoms. The molecule has 0 saturated carbocycles. The second-order valence-corrected chi connectivity index (χ2v) is 5.74. The normalized spacial score (nSPS) is 10.1. The first-order valence-corrected chi connectivity index (χ1v) is 6.89. The van der Waals surface area contributed by atoms with Crippen LogP contribution >= 0.6 is 22.9 Å². The second-order valence-electron chi connectivity index (χ2n) is 4.05. The van der Waals surface area contributed by atoms with Crippen LogP contribution in [0.1, 0.15) is 15.2 Å². The highest BCUT2D eigenvalue weighted by atomic mass is 35.5. The van der Waals surface area contributed by atoms with Crippen LogP contribution in [0.25, 0.3) is 0 Å². The van der Waals surface area contributed by atoms with Crippen LogP contribution in [0.5, 0.6) is 0 Å². The van der Waals surface area contributed by atoms with Crippen molar-refractivity contribution in [3.05, 3.63) is 45.8 Å². The van der Waals surface area contributed by atoms with E-state index in [0.717, 1.165) is 4.88 Å². The number of halogens is 1. The van der Waals surface area contributed by atoms with Gasteiger partial charge in [-0.1, -0.05) is 11.6 Å². The van der Waals surface area contributed by atoms with Gasteiger partial charge in [0.15, 0.2) is 0 Å². The molecule has 1 heterocycles. The Kier molecular flexibility index (Phi) is 4.26. The first kappa shape index (κ1) is 14.4. The summed E-state index contributed by atoms with van der Waals surface area (Å²) in [6.07, 6.45) is 0. The van der Waals surface area contributed by atoms with Crippen molar-refractivity contribution in [2.24, 2.45) is 5.73 Å². The van der Waals surface area contributed by atoms with Gasteiger partial charge in [0, 0.05) is 15.6 Å². The lowest BCUT2D eigenvalue weighted by Gasteiger charge is -2.07. The fourth-order valence-corrected chi connectivity index (χ4v) is 2.63. The van der Waals surface area contributed by atoms with E-state index in [1.807, 2.05) is 6.92 Å². The van der Waals surface area contributed by atoms with E-state index in [-0.39, 0.29) is 0 Å². The lowest BCUT2D eigenvalue weighted by atomic mass is 10.3. The summed E-state index contributed by atoms with van der Waals surface area (Å²) in [5.74, 6) is -0.573. The number of hydrogen-bond acceptors (Lipinski definition) is 3. The largest absolute Gasteiger partial charge is 0.366 e. The van der Waals surface area contributed by atoms with Crippen molar-refractivity contribution in [2.45, 2.75) is 6.92 Å². The standard InChI is InChI=1S/C13H12ClN3O2S/c1-7-6-10(11(15)18)12(20-7)17-13(19)16-9-4-2-8(14)3-5-9/h2-6H,1H3,(H2,15,18)(H2,16,17,19). The SMILES string of the molecule is Cc1cc(C(N)=O)c(NC(=O)Nc2ccc(Cl)cc2)s1. The van der Waals surface area contributed by atoms with Crippen molar-refractivity contribution < 1.29 is 9.59 Å². The third-order valence-corrected chi connectivity index (χ3v) is 3.67. The molecule has 2 aromatic rings. The van der Waals surface area contributed by atoms with Gasteiger partial charge in [0.05, 0.1) is 5.56 Å². The van der Waals surface area contributed by atoms with Gasteiger partial charge in [0.2, 0.25) is 0 Å². The monoisotopic (exact) mass is 309 g/mol. The van der Waals surface area contributed by atoms with Crippen LogP contribution in [0.15, 0.2) is 30.3 Å². The van der Waals surface area contributed by atoms with Crippen LogP contribution in [-0.2, 0) is 0 Å². The van der Waals surface area contributed by atoms with E-state index in [0.29, 0.717) is 21.3 Å². The van der Waals surface area contributed by atoms with Crippen molar-refractivity contribution in [1.29, 1.82) is 0 Å². The molecule has 0 atom stereocenters. The molecule has 2 rings (SSSR count). The van der Waals surface area contributed by atoms with Crippen LogP contribution < -0.4 is 16.4 Å². The van der Waals surface area contributed by atoms with Crippen molar-refractivity contribution in [2.75, 3.05) is 10.6 Å². The van der Waals surface area contributed by atoms with Crippen LogP contribution in [0.3, 0.4) is 0 Å². The quantitative estimate of drug-likeness (QED) is 0.811. The Balaban J connectivity index is 2.08. The number of thiophene rings is 1. The number of hydrogen-bond donors (Lipinski definition) is 3. The maximum Gasteiger partial charge on any atom is 0.324 e. The van der Waals surface area contributed by atoms with Gasteiger partial charge in [-0.2, -0.15) is 0 Å². The third kappa shape index (κ3) is 3.49. The molecule has 0 fully saturated rings. The van der Waals surface area contributed by atoms with Gasteiger partial charge in [0.1, 0.15) is 5.00 Å². The first-order chi connectivity index (χ1) is 9.45. The molecule has 1 aromatic heterocycles. The van der Waals surface area contributed by atoms with Gasteiger partial charge in [-0.25, -0.2) is 4.79 Å². The van der Waals surface area contributed by atoms with Crippen molar-refractivity contribution in [3.63, 3.8) is 0 Å². The van der Waals surface area contributed by atoms with E-state index >= 15 is 0 Å². The molecule has 4 N–H and O–H groups in total. The Morgan fingerprint density at radius 1 is 1.20 bits per heavy atom. The summed E-state index contributed by atoms with van der Waals surface area (Å²) in [6, 6.07) is 7.89. The number of nitrogens with two attached hydrogens (primary N) is 1. The number of carbonyl (C=O) groups is 2. The molecule has 3 amide bonds. The Morgan fingerprint density at radius 2 is 1.85 bits per heavy atom. The maximum absolute atomic E-state index is 11.9. The van der Waals surface area contributed by atoms with Gasteiger partial charge >= 0.3 is 6.03 Å². The Morgan fingerprint density at radius 3 is 2.45 bits per heavy atom. The van der Waals surface area contributed by atoms with Crippen LogP contribution in [0, 0.1) is 6.92 Å². The highest BCUT2D eigenvalue weighted by Crippen LogP contribution is 2.27. The molecule has 1 aromatic carbocycles. The number of anilines is 2. The zero-order chi connectivity index (χ0) is 14.7. The molecule has 0 radical (unpaired) electrons. The molecular weight excluding hydrogens is 298 g/mol. The Hall–Kier alpha value is -2.05. The summed E-state index contributed by atoms with van der Waals surface area (Å²) in [5.41, 5.74) is 6.16. The van der Waals surface area contributed by atoms with Crippen LogP contribution in [0.4, 0.5) is 15.5 Å². The van der Waals surface area contributed by atoms with Crippen molar-refractivity contribution in [1.82, 2.24) is 0 Å². The molecule has 0 aliphatic heterocycles. The Labute approximate surface area is 124 Å². The third-order valence-electron chi connectivity index (χ3n) is 2.45. The predicted octanol–water partition coefficient (Wildman–Crippen LogP) is 3.45. The van der Waals surface area contributed by atoms with Crippen molar-refractivity contribution >= 4 is 45.6 Å². The number of benzene rings is 1. The van der Waals surface area contributed by atoms with Gasteiger partial charge < -0.3 is 11.1 Å². The minimum Gasteiger partial charge on any atom is -0.366 e. The fourth-order valence-electron chi connectivity index (χ4n) is 1.59. The Bertz CT molecular complexity index is 652. The number of primary amides is 1. The first-order valence-electron chi connectivity index (χ1n) is 5.69. The lowest BCUT2D eigenvalue weighted by Crippen LogP contribution is -2.21. The van der Waals surface area contributed by atoms with E-state index < -0.39 is 11.9 Å². The van der Waals surface area contributed by atoms with Gasteiger partial charge in [0.25, 0.3) is 5.91 Å². The topological polar surface area (TPSA) is 84.2 Å². The number of aryl methyl sites for hydroxylation is 1. The molecule has 20 heavy (non-hydrogen) atoms. The molecule has 104 valence electrons. The predicted molar refractivity (Wildman–Crippen MR) is 81.7 cm³/mol. The highest BCUT2D eigenvalue weighted by Gasteiger charge is 2.14. The zero-order valence-corrected chi connectivity index (χ0v) is 12.1. The molecule has 0 saturated heterocycles. The van der Waals surface area contributed by atoms with E-state index in [1.165, 1.54) is 11.3 Å². The minimum atomic E-state index is -0.573. The molecule has 5 nitrogen and oxygen atoms in total. The smallest absolute Gasteiger partial charge is 0.324 e. The summed E-state index contributed by atoms with van der Waals surface area (Å²) >= 11 is 7.05. The van der Waals surface area contributed by atoms with Crippen molar-refractivity contribution in [3.8, 4) is 0 Å². The number of amides is 3. The molecule has 0 aliphatic carbocycles. The zero-order valence-electron chi connectivity index (χ0n) is 10.6. The summed E-state index contributed by atoms with van der Waals surface area (Å²) in [6.45, 7) is 1.83. The van der Waals surface area contributed by atoms with E-state index in [9.17, 15) is 9.59 Å². The minimum absolute atomic E-state index is 0.304. The van der Waals surface area contributed by atoms with Gasteiger partial charge in [-0.15, -0.1) is 11.3 Å². The van der Waals surface area contributed by atoms with Gasteiger partial charge in [-0.3, -0.25) is 10.1 Å².